The van der Waals surface area contributed by atoms with E-state index in [0.717, 1.165) is 40.6 Å². The van der Waals surface area contributed by atoms with Gasteiger partial charge in [0, 0.05) is 42.8 Å². The standard InChI is InChI=1S/C26H28N4O2S/c1-18-6-8-20(9-7-18)30-24(31)16-21(25(30)22-5-4-14-33-22)26(32)28-17-19-10-11-27-23(15-19)29-12-2-3-13-29/h4-11,14-15,21,25H,2-3,12-13,16-17H2,1H3,(H,28,32). The van der Waals surface area contributed by atoms with Gasteiger partial charge < -0.3 is 15.1 Å². The zero-order valence-electron chi connectivity index (χ0n) is 18.7. The first-order chi connectivity index (χ1) is 16.1. The largest absolute Gasteiger partial charge is 0.357 e. The maximum absolute atomic E-state index is 13.3. The van der Waals surface area contributed by atoms with Gasteiger partial charge in [-0.15, -0.1) is 11.3 Å². The van der Waals surface area contributed by atoms with E-state index >= 15 is 0 Å². The lowest BCUT2D eigenvalue weighted by Gasteiger charge is -2.27. The fourth-order valence-corrected chi connectivity index (χ4v) is 5.65. The van der Waals surface area contributed by atoms with Crippen molar-refractivity contribution < 1.29 is 9.59 Å². The van der Waals surface area contributed by atoms with E-state index in [1.165, 1.54) is 12.8 Å². The topological polar surface area (TPSA) is 65.5 Å². The second-order valence-corrected chi connectivity index (χ2v) is 9.78. The van der Waals surface area contributed by atoms with Crippen molar-refractivity contribution >= 4 is 34.7 Å². The van der Waals surface area contributed by atoms with Crippen molar-refractivity contribution in [3.05, 3.63) is 76.1 Å². The van der Waals surface area contributed by atoms with E-state index in [-0.39, 0.29) is 24.3 Å². The van der Waals surface area contributed by atoms with Crippen molar-refractivity contribution in [1.82, 2.24) is 10.3 Å². The molecule has 2 aromatic heterocycles. The van der Waals surface area contributed by atoms with Gasteiger partial charge >= 0.3 is 0 Å². The molecule has 2 fully saturated rings. The zero-order valence-corrected chi connectivity index (χ0v) is 19.6. The zero-order chi connectivity index (χ0) is 22.8. The molecular formula is C26H28N4O2S. The lowest BCUT2D eigenvalue weighted by atomic mass is 9.97. The Hall–Kier alpha value is -3.19. The van der Waals surface area contributed by atoms with E-state index in [4.69, 9.17) is 0 Å². The summed E-state index contributed by atoms with van der Waals surface area (Å²) in [4.78, 5) is 36.0. The Morgan fingerprint density at radius 3 is 2.67 bits per heavy atom. The molecule has 2 saturated heterocycles. The molecule has 3 aromatic rings. The van der Waals surface area contributed by atoms with Crippen LogP contribution in [0, 0.1) is 12.8 Å². The summed E-state index contributed by atoms with van der Waals surface area (Å²) in [5.74, 6) is 0.433. The number of rotatable bonds is 6. The van der Waals surface area contributed by atoms with Crippen molar-refractivity contribution in [3.8, 4) is 0 Å². The first-order valence-electron chi connectivity index (χ1n) is 11.5. The molecule has 2 atom stereocenters. The van der Waals surface area contributed by atoms with Crippen LogP contribution in [0.2, 0.25) is 0 Å². The molecule has 2 amide bonds. The van der Waals surface area contributed by atoms with Crippen LogP contribution in [0.1, 0.15) is 41.3 Å². The van der Waals surface area contributed by atoms with Crippen LogP contribution in [-0.2, 0) is 16.1 Å². The number of hydrogen-bond donors (Lipinski definition) is 1. The summed E-state index contributed by atoms with van der Waals surface area (Å²) >= 11 is 1.59. The number of anilines is 2. The van der Waals surface area contributed by atoms with E-state index in [2.05, 4.69) is 21.3 Å². The number of thiophene rings is 1. The van der Waals surface area contributed by atoms with Gasteiger partial charge in [0.25, 0.3) is 0 Å². The summed E-state index contributed by atoms with van der Waals surface area (Å²) in [5, 5.41) is 5.09. The lowest BCUT2D eigenvalue weighted by molar-refractivity contribution is -0.126. The maximum Gasteiger partial charge on any atom is 0.228 e. The smallest absolute Gasteiger partial charge is 0.228 e. The number of carbonyl (C=O) groups is 2. The van der Waals surface area contributed by atoms with Gasteiger partial charge in [0.1, 0.15) is 5.82 Å². The number of amides is 2. The molecule has 1 aromatic carbocycles. The molecule has 5 rings (SSSR count). The predicted octanol–water partition coefficient (Wildman–Crippen LogP) is 4.46. The molecule has 1 N–H and O–H groups in total. The van der Waals surface area contributed by atoms with Crippen LogP contribution >= 0.6 is 11.3 Å². The van der Waals surface area contributed by atoms with E-state index in [1.807, 2.05) is 61.0 Å². The molecule has 2 unspecified atom stereocenters. The van der Waals surface area contributed by atoms with Crippen LogP contribution < -0.4 is 15.1 Å². The lowest BCUT2D eigenvalue weighted by Crippen LogP contribution is -2.35. The SMILES string of the molecule is Cc1ccc(N2C(=O)CC(C(=O)NCc3ccnc(N4CCCC4)c3)C2c2cccs2)cc1. The normalized spacial score (nSPS) is 20.5. The van der Waals surface area contributed by atoms with Gasteiger partial charge in [0.15, 0.2) is 0 Å². The Balaban J connectivity index is 1.34. The molecule has 4 heterocycles. The van der Waals surface area contributed by atoms with Gasteiger partial charge in [-0.05, 0) is 61.0 Å². The molecule has 2 aliphatic heterocycles. The Labute approximate surface area is 198 Å². The molecule has 0 spiro atoms. The summed E-state index contributed by atoms with van der Waals surface area (Å²) in [7, 11) is 0. The first-order valence-corrected chi connectivity index (χ1v) is 12.4. The van der Waals surface area contributed by atoms with Crippen LogP contribution in [0.25, 0.3) is 0 Å². The molecule has 0 aliphatic carbocycles. The Bertz CT molecular complexity index is 1120. The summed E-state index contributed by atoms with van der Waals surface area (Å²) in [6.45, 7) is 4.51. The van der Waals surface area contributed by atoms with Crippen molar-refractivity contribution in [3.63, 3.8) is 0 Å². The molecule has 33 heavy (non-hydrogen) atoms. The molecule has 7 heteroatoms. The second kappa shape index (κ2) is 9.35. The van der Waals surface area contributed by atoms with Gasteiger partial charge in [-0.25, -0.2) is 4.98 Å². The van der Waals surface area contributed by atoms with Crippen molar-refractivity contribution in [1.29, 1.82) is 0 Å². The van der Waals surface area contributed by atoms with Crippen LogP contribution in [0.4, 0.5) is 11.5 Å². The molecule has 2 aliphatic rings. The number of benzene rings is 1. The minimum Gasteiger partial charge on any atom is -0.357 e. The highest BCUT2D eigenvalue weighted by Gasteiger charge is 2.45. The molecule has 0 bridgehead atoms. The minimum atomic E-state index is -0.433. The highest BCUT2D eigenvalue weighted by Crippen LogP contribution is 2.43. The third-order valence-corrected chi connectivity index (χ3v) is 7.46. The third-order valence-electron chi connectivity index (χ3n) is 6.51. The summed E-state index contributed by atoms with van der Waals surface area (Å²) < 4.78 is 0. The van der Waals surface area contributed by atoms with Crippen LogP contribution in [-0.4, -0.2) is 29.9 Å². The average Bonchev–Trinajstić information content (AvgIpc) is 3.59. The number of nitrogens with zero attached hydrogens (tertiary/aromatic N) is 3. The second-order valence-electron chi connectivity index (χ2n) is 8.80. The van der Waals surface area contributed by atoms with Crippen LogP contribution in [0.3, 0.4) is 0 Å². The maximum atomic E-state index is 13.3. The highest BCUT2D eigenvalue weighted by molar-refractivity contribution is 7.10. The van der Waals surface area contributed by atoms with E-state index in [1.54, 1.807) is 16.2 Å². The fourth-order valence-electron chi connectivity index (χ4n) is 4.77. The Morgan fingerprint density at radius 2 is 1.94 bits per heavy atom. The number of aromatic nitrogens is 1. The van der Waals surface area contributed by atoms with Crippen molar-refractivity contribution in [2.75, 3.05) is 22.9 Å². The molecule has 0 radical (unpaired) electrons. The van der Waals surface area contributed by atoms with Crippen LogP contribution in [0.5, 0.6) is 0 Å². The van der Waals surface area contributed by atoms with Gasteiger partial charge in [-0.2, -0.15) is 0 Å². The molecule has 6 nitrogen and oxygen atoms in total. The number of aryl methyl sites for hydroxylation is 1. The molecular weight excluding hydrogens is 432 g/mol. The molecule has 170 valence electrons. The average molecular weight is 461 g/mol. The van der Waals surface area contributed by atoms with E-state index in [9.17, 15) is 9.59 Å². The van der Waals surface area contributed by atoms with Crippen LogP contribution in [0.15, 0.2) is 60.1 Å². The van der Waals surface area contributed by atoms with E-state index in [0.29, 0.717) is 6.54 Å². The number of carbonyl (C=O) groups excluding carboxylic acids is 2. The summed E-state index contributed by atoms with van der Waals surface area (Å²) in [6.07, 6.45) is 4.40. The third kappa shape index (κ3) is 4.50. The highest BCUT2D eigenvalue weighted by atomic mass is 32.1. The number of nitrogens with one attached hydrogen (secondary N) is 1. The summed E-state index contributed by atoms with van der Waals surface area (Å²) in [5.41, 5.74) is 2.99. The van der Waals surface area contributed by atoms with Gasteiger partial charge in [-0.1, -0.05) is 23.8 Å². The Morgan fingerprint density at radius 1 is 1.15 bits per heavy atom. The van der Waals surface area contributed by atoms with Gasteiger partial charge in [0.2, 0.25) is 11.8 Å². The Kier molecular flexibility index (Phi) is 6.13. The monoisotopic (exact) mass is 460 g/mol. The van der Waals surface area contributed by atoms with Crippen molar-refractivity contribution in [2.45, 2.75) is 38.8 Å². The molecule has 0 saturated carbocycles. The first kappa shape index (κ1) is 21.6. The van der Waals surface area contributed by atoms with Gasteiger partial charge in [0.05, 0.1) is 12.0 Å². The van der Waals surface area contributed by atoms with E-state index < -0.39 is 5.92 Å². The number of pyridine rings is 1. The quantitative estimate of drug-likeness (QED) is 0.590. The number of hydrogen-bond acceptors (Lipinski definition) is 5. The predicted molar refractivity (Wildman–Crippen MR) is 131 cm³/mol. The summed E-state index contributed by atoms with van der Waals surface area (Å²) in [6, 6.07) is 15.6. The fraction of sp³-hybridized carbons (Fsp3) is 0.346. The van der Waals surface area contributed by atoms with Crippen molar-refractivity contribution in [2.24, 2.45) is 5.92 Å². The minimum absolute atomic E-state index is 0.0161. The van der Waals surface area contributed by atoms with Gasteiger partial charge in [-0.3, -0.25) is 9.59 Å².